The summed E-state index contributed by atoms with van der Waals surface area (Å²) in [6, 6.07) is 12.7. The molecule has 10 heteroatoms. The Kier molecular flexibility index (Phi) is 7.12. The van der Waals surface area contributed by atoms with Crippen molar-refractivity contribution in [2.45, 2.75) is 18.7 Å². The van der Waals surface area contributed by atoms with Gasteiger partial charge in [0.05, 0.1) is 15.5 Å². The predicted octanol–water partition coefficient (Wildman–Crippen LogP) is 5.00. The molecule has 0 atom stereocenters. The van der Waals surface area contributed by atoms with E-state index in [2.05, 4.69) is 10.2 Å². The maximum absolute atomic E-state index is 14.4. The summed E-state index contributed by atoms with van der Waals surface area (Å²) in [5.41, 5.74) is 3.10. The lowest BCUT2D eigenvalue weighted by Crippen LogP contribution is -2.48. The molecule has 0 bridgehead atoms. The molecule has 1 saturated heterocycles. The zero-order chi connectivity index (χ0) is 25.3. The number of aryl methyl sites for hydroxylation is 1. The molecule has 4 rings (SSSR count). The lowest BCUT2D eigenvalue weighted by atomic mass is 10.1. The molecule has 1 fully saturated rings. The molecule has 0 radical (unpaired) electrons. The van der Waals surface area contributed by atoms with Gasteiger partial charge in [0.1, 0.15) is 11.6 Å². The number of benzene rings is 3. The average molecular weight is 520 g/mol. The molecule has 1 amide bonds. The van der Waals surface area contributed by atoms with Crippen molar-refractivity contribution in [2.24, 2.45) is 0 Å². The molecule has 3 aromatic carbocycles. The fourth-order valence-electron chi connectivity index (χ4n) is 4.01. The van der Waals surface area contributed by atoms with E-state index in [9.17, 15) is 22.0 Å². The second kappa shape index (κ2) is 9.93. The van der Waals surface area contributed by atoms with E-state index in [-0.39, 0.29) is 28.7 Å². The number of carbonyl (C=O) groups is 1. The Labute approximate surface area is 208 Å². The number of nitrogens with zero attached hydrogens (tertiary/aromatic N) is 2. The Hall–Kier alpha value is -3.01. The first kappa shape index (κ1) is 25.1. The van der Waals surface area contributed by atoms with Crippen molar-refractivity contribution in [2.75, 3.05) is 36.4 Å². The molecule has 1 N–H and O–H groups in total. The average Bonchev–Trinajstić information content (AvgIpc) is 2.83. The van der Waals surface area contributed by atoms with Gasteiger partial charge in [-0.15, -0.1) is 0 Å². The molecule has 35 heavy (non-hydrogen) atoms. The molecule has 0 aliphatic carbocycles. The van der Waals surface area contributed by atoms with Gasteiger partial charge >= 0.3 is 0 Å². The number of amides is 1. The first-order chi connectivity index (χ1) is 16.6. The van der Waals surface area contributed by atoms with E-state index in [0.717, 1.165) is 41.1 Å². The van der Waals surface area contributed by atoms with Crippen LogP contribution < -0.4 is 10.2 Å². The summed E-state index contributed by atoms with van der Waals surface area (Å²) >= 11 is 5.72. The third-order valence-electron chi connectivity index (χ3n) is 6.15. The second-order valence-corrected chi connectivity index (χ2v) is 10.7. The zero-order valence-electron chi connectivity index (χ0n) is 19.2. The van der Waals surface area contributed by atoms with E-state index in [1.54, 1.807) is 0 Å². The molecule has 1 heterocycles. The smallest absolute Gasteiger partial charge is 0.258 e. The van der Waals surface area contributed by atoms with Crippen molar-refractivity contribution < 1.29 is 22.0 Å². The van der Waals surface area contributed by atoms with E-state index in [4.69, 9.17) is 11.6 Å². The summed E-state index contributed by atoms with van der Waals surface area (Å²) in [5, 5.41) is 2.21. The fourth-order valence-corrected chi connectivity index (χ4v) is 5.64. The highest BCUT2D eigenvalue weighted by atomic mass is 35.5. The minimum Gasteiger partial charge on any atom is -0.369 e. The summed E-state index contributed by atoms with van der Waals surface area (Å²) in [6.07, 6.45) is 0. The van der Waals surface area contributed by atoms with Gasteiger partial charge in [0.2, 0.25) is 10.0 Å². The Balaban J connectivity index is 1.51. The Morgan fingerprint density at radius 1 is 0.943 bits per heavy atom. The monoisotopic (exact) mass is 519 g/mol. The molecule has 0 saturated carbocycles. The minimum atomic E-state index is -3.95. The van der Waals surface area contributed by atoms with Crippen LogP contribution in [0.5, 0.6) is 0 Å². The van der Waals surface area contributed by atoms with Crippen LogP contribution in [0, 0.1) is 25.5 Å². The van der Waals surface area contributed by atoms with Crippen LogP contribution in [0.2, 0.25) is 5.02 Å². The SMILES string of the molecule is Cc1cccc(N2CCN(S(=O)(=O)c3ccc(F)c(C(=O)Nc4ccc(F)c(Cl)c4)c3)CC2)c1C. The highest BCUT2D eigenvalue weighted by Crippen LogP contribution is 2.27. The number of piperazine rings is 1. The van der Waals surface area contributed by atoms with Crippen LogP contribution in [-0.2, 0) is 10.0 Å². The number of halogens is 3. The lowest BCUT2D eigenvalue weighted by Gasteiger charge is -2.36. The molecular formula is C25H24ClF2N3O3S. The van der Waals surface area contributed by atoms with Crippen LogP contribution in [0.15, 0.2) is 59.5 Å². The molecule has 0 spiro atoms. The van der Waals surface area contributed by atoms with Gasteiger partial charge in [0.25, 0.3) is 5.91 Å². The number of nitrogens with one attached hydrogen (secondary N) is 1. The third-order valence-corrected chi connectivity index (χ3v) is 8.34. The maximum atomic E-state index is 14.4. The number of sulfonamides is 1. The highest BCUT2D eigenvalue weighted by Gasteiger charge is 2.30. The van der Waals surface area contributed by atoms with Crippen LogP contribution in [0.25, 0.3) is 0 Å². The van der Waals surface area contributed by atoms with Crippen molar-refractivity contribution >= 4 is 38.9 Å². The zero-order valence-corrected chi connectivity index (χ0v) is 20.8. The normalized spacial score (nSPS) is 14.7. The Morgan fingerprint density at radius 3 is 2.31 bits per heavy atom. The standard InChI is InChI=1S/C25H24ClF2N3O3S/c1-16-4-3-5-24(17(16)2)30-10-12-31(13-11-30)35(33,34)19-7-9-22(27)20(15-19)25(32)29-18-6-8-23(28)21(26)14-18/h3-9,14-15H,10-13H2,1-2H3,(H,29,32). The van der Waals surface area contributed by atoms with Crippen LogP contribution in [0.3, 0.4) is 0 Å². The van der Waals surface area contributed by atoms with Crippen molar-refractivity contribution in [1.29, 1.82) is 0 Å². The van der Waals surface area contributed by atoms with Crippen LogP contribution in [0.4, 0.5) is 20.2 Å². The first-order valence-corrected chi connectivity index (χ1v) is 12.8. The van der Waals surface area contributed by atoms with Crippen molar-refractivity contribution in [3.05, 3.63) is 87.9 Å². The topological polar surface area (TPSA) is 69.7 Å². The first-order valence-electron chi connectivity index (χ1n) is 10.9. The number of anilines is 2. The molecule has 3 aromatic rings. The van der Waals surface area contributed by atoms with Crippen LogP contribution in [0.1, 0.15) is 21.5 Å². The lowest BCUT2D eigenvalue weighted by molar-refractivity contribution is 0.102. The molecule has 0 aromatic heterocycles. The molecule has 1 aliphatic heterocycles. The van der Waals surface area contributed by atoms with Crippen molar-refractivity contribution in [3.8, 4) is 0 Å². The quantitative estimate of drug-likeness (QED) is 0.515. The van der Waals surface area contributed by atoms with Crippen LogP contribution >= 0.6 is 11.6 Å². The summed E-state index contributed by atoms with van der Waals surface area (Å²) < 4.78 is 55.7. The predicted molar refractivity (Wildman–Crippen MR) is 133 cm³/mol. The number of carbonyl (C=O) groups excluding carboxylic acids is 1. The second-order valence-electron chi connectivity index (χ2n) is 8.33. The number of hydrogen-bond acceptors (Lipinski definition) is 4. The van der Waals surface area contributed by atoms with E-state index in [0.29, 0.717) is 13.1 Å². The van der Waals surface area contributed by atoms with E-state index >= 15 is 0 Å². The summed E-state index contributed by atoms with van der Waals surface area (Å²) in [6.45, 7) is 5.59. The van der Waals surface area contributed by atoms with Crippen LogP contribution in [-0.4, -0.2) is 44.8 Å². The Bertz CT molecular complexity index is 1390. The van der Waals surface area contributed by atoms with E-state index in [1.807, 2.05) is 32.0 Å². The largest absolute Gasteiger partial charge is 0.369 e. The van der Waals surface area contributed by atoms with Crippen molar-refractivity contribution in [3.63, 3.8) is 0 Å². The molecule has 6 nitrogen and oxygen atoms in total. The van der Waals surface area contributed by atoms with Gasteiger partial charge in [0, 0.05) is 37.6 Å². The summed E-state index contributed by atoms with van der Waals surface area (Å²) in [5.74, 6) is -2.42. The molecule has 1 aliphatic rings. The number of hydrogen-bond donors (Lipinski definition) is 1. The fraction of sp³-hybridized carbons (Fsp3) is 0.240. The molecule has 0 unspecified atom stereocenters. The van der Waals surface area contributed by atoms with Gasteiger partial charge in [-0.05, 0) is 67.4 Å². The Morgan fingerprint density at radius 2 is 1.63 bits per heavy atom. The van der Waals surface area contributed by atoms with Gasteiger partial charge in [-0.2, -0.15) is 4.31 Å². The number of rotatable bonds is 5. The summed E-state index contributed by atoms with van der Waals surface area (Å²) in [7, 11) is -3.95. The molecule has 184 valence electrons. The minimum absolute atomic E-state index is 0.150. The highest BCUT2D eigenvalue weighted by molar-refractivity contribution is 7.89. The third kappa shape index (κ3) is 5.17. The van der Waals surface area contributed by atoms with Gasteiger partial charge in [-0.25, -0.2) is 17.2 Å². The van der Waals surface area contributed by atoms with Gasteiger partial charge in [-0.1, -0.05) is 23.7 Å². The van der Waals surface area contributed by atoms with Crippen molar-refractivity contribution in [1.82, 2.24) is 4.31 Å². The van der Waals surface area contributed by atoms with E-state index in [1.165, 1.54) is 16.4 Å². The molecular weight excluding hydrogens is 496 g/mol. The van der Waals surface area contributed by atoms with Gasteiger partial charge in [0.15, 0.2) is 0 Å². The maximum Gasteiger partial charge on any atom is 0.258 e. The van der Waals surface area contributed by atoms with E-state index < -0.39 is 33.1 Å². The summed E-state index contributed by atoms with van der Waals surface area (Å²) in [4.78, 5) is 14.6. The van der Waals surface area contributed by atoms with Gasteiger partial charge in [-0.3, -0.25) is 4.79 Å². The van der Waals surface area contributed by atoms with Gasteiger partial charge < -0.3 is 10.2 Å².